The van der Waals surface area contributed by atoms with Crippen molar-refractivity contribution in [2.24, 2.45) is 0 Å². The molecule has 1 rings (SSSR count). The Bertz CT molecular complexity index is 86.6. The van der Waals surface area contributed by atoms with Gasteiger partial charge in [-0.15, -0.1) is 0 Å². The van der Waals surface area contributed by atoms with Gasteiger partial charge >= 0.3 is 0 Å². The van der Waals surface area contributed by atoms with Crippen LogP contribution in [0.1, 0.15) is 19.3 Å². The van der Waals surface area contributed by atoms with Crippen molar-refractivity contribution in [1.82, 2.24) is 0 Å². The van der Waals surface area contributed by atoms with Gasteiger partial charge in [-0.2, -0.15) is 0 Å². The molecule has 0 heterocycles. The van der Waals surface area contributed by atoms with E-state index in [0.717, 1.165) is 0 Å². The molecule has 0 aromatic heterocycles. The van der Waals surface area contributed by atoms with E-state index >= 15 is 0 Å². The molecule has 0 aromatic carbocycles. The Labute approximate surface area is 50.9 Å². The van der Waals surface area contributed by atoms with Crippen LogP contribution < -0.4 is 0 Å². The monoisotopic (exact) mass is 107 g/mol. The first-order valence-electron chi connectivity index (χ1n) is 3.15. The summed E-state index contributed by atoms with van der Waals surface area (Å²) in [5, 5.41) is 0. The van der Waals surface area contributed by atoms with E-state index < -0.39 is 0 Å². The first-order valence-corrected chi connectivity index (χ1v) is 3.15. The van der Waals surface area contributed by atoms with Gasteiger partial charge in [-0.05, 0) is 6.42 Å². The lowest BCUT2D eigenvalue weighted by Crippen LogP contribution is -1.73. The molecular weight excluding hydrogens is 96.1 g/mol. The third kappa shape index (κ3) is 1.87. The smallest absolute Gasteiger partial charge is 0.0230 e. The van der Waals surface area contributed by atoms with Gasteiger partial charge in [-0.1, -0.05) is 0 Å². The van der Waals surface area contributed by atoms with Gasteiger partial charge in [0, 0.05) is 43.6 Å². The maximum Gasteiger partial charge on any atom is 0.0422 e. The second kappa shape index (κ2) is 3.36. The molecular formula is C8H11+. The molecule has 0 aliphatic heterocycles. The lowest BCUT2D eigenvalue weighted by Gasteiger charge is -1.86. The summed E-state index contributed by atoms with van der Waals surface area (Å²) < 4.78 is 0. The molecule has 0 saturated heterocycles. The minimum atomic E-state index is 1.24. The van der Waals surface area contributed by atoms with Crippen molar-refractivity contribution in [2.45, 2.75) is 19.3 Å². The largest absolute Gasteiger partial charge is 0.0422 e. The van der Waals surface area contributed by atoms with Crippen molar-refractivity contribution in [3.63, 3.8) is 0 Å². The zero-order valence-electron chi connectivity index (χ0n) is 5.01. The van der Waals surface area contributed by atoms with E-state index in [1.54, 1.807) is 0 Å². The predicted octanol–water partition coefficient (Wildman–Crippen LogP) is 2.49. The molecule has 0 atom stereocenters. The third-order valence-electron chi connectivity index (χ3n) is 1.24. The highest BCUT2D eigenvalue weighted by Crippen LogP contribution is 2.02. The SMILES string of the molecule is C1=C\CCC/C=C\[CH+]/1. The molecule has 0 amide bonds. The molecule has 0 nitrogen and oxygen atoms in total. The van der Waals surface area contributed by atoms with Crippen molar-refractivity contribution < 1.29 is 0 Å². The highest BCUT2D eigenvalue weighted by molar-refractivity contribution is 5.09. The van der Waals surface area contributed by atoms with E-state index in [1.165, 1.54) is 19.3 Å². The zero-order valence-corrected chi connectivity index (χ0v) is 5.01. The lowest BCUT2D eigenvalue weighted by molar-refractivity contribution is 0.863. The van der Waals surface area contributed by atoms with Crippen molar-refractivity contribution in [3.05, 3.63) is 30.7 Å². The number of rotatable bonds is 0. The van der Waals surface area contributed by atoms with Gasteiger partial charge in [-0.25, -0.2) is 0 Å². The number of hydrogen-bond donors (Lipinski definition) is 0. The summed E-state index contributed by atoms with van der Waals surface area (Å²) in [6.45, 7) is 0. The van der Waals surface area contributed by atoms with Crippen LogP contribution in [0.3, 0.4) is 0 Å². The lowest BCUT2D eigenvalue weighted by atomic mass is 10.1. The Kier molecular flexibility index (Phi) is 2.31. The van der Waals surface area contributed by atoms with E-state index in [1.807, 2.05) is 0 Å². The maximum absolute atomic E-state index is 2.21. The second-order valence-electron chi connectivity index (χ2n) is 1.98. The van der Waals surface area contributed by atoms with Crippen LogP contribution in [-0.4, -0.2) is 0 Å². The molecule has 0 unspecified atom stereocenters. The molecule has 0 fully saturated rings. The van der Waals surface area contributed by atoms with E-state index in [9.17, 15) is 0 Å². The summed E-state index contributed by atoms with van der Waals surface area (Å²) in [6, 6.07) is 0. The van der Waals surface area contributed by atoms with Crippen LogP contribution in [0.2, 0.25) is 0 Å². The summed E-state index contributed by atoms with van der Waals surface area (Å²) >= 11 is 0. The van der Waals surface area contributed by atoms with E-state index in [2.05, 4.69) is 30.7 Å². The van der Waals surface area contributed by atoms with Gasteiger partial charge in [0.15, 0.2) is 0 Å². The molecule has 0 spiro atoms. The molecule has 0 aromatic rings. The fourth-order valence-electron chi connectivity index (χ4n) is 0.767. The standard InChI is InChI=1S/C8H11/c1-2-4-6-8-7-5-3-1/h1-5H,6-8H2/q+1/b4-2-,5-3-. The summed E-state index contributed by atoms with van der Waals surface area (Å²) in [7, 11) is 0. The van der Waals surface area contributed by atoms with Crippen LogP contribution in [-0.2, 0) is 0 Å². The first kappa shape index (κ1) is 5.49. The summed E-state index contributed by atoms with van der Waals surface area (Å²) in [6.07, 6.45) is 14.5. The second-order valence-corrected chi connectivity index (χ2v) is 1.98. The molecule has 0 heteroatoms. The highest BCUT2D eigenvalue weighted by Gasteiger charge is 1.89. The van der Waals surface area contributed by atoms with E-state index in [4.69, 9.17) is 0 Å². The minimum Gasteiger partial charge on any atom is -0.0230 e. The van der Waals surface area contributed by atoms with E-state index in [-0.39, 0.29) is 0 Å². The fraction of sp³-hybridized carbons (Fsp3) is 0.375. The number of allylic oxidation sites excluding steroid dienone is 4. The van der Waals surface area contributed by atoms with Crippen LogP contribution in [0.15, 0.2) is 24.3 Å². The van der Waals surface area contributed by atoms with E-state index in [0.29, 0.717) is 0 Å². The van der Waals surface area contributed by atoms with Gasteiger partial charge in [0.1, 0.15) is 0 Å². The normalized spacial score (nSPS) is 27.0. The summed E-state index contributed by atoms with van der Waals surface area (Å²) in [4.78, 5) is 0. The van der Waals surface area contributed by atoms with Gasteiger partial charge in [0.2, 0.25) is 0 Å². The molecule has 1 aliphatic carbocycles. The Balaban J connectivity index is 2.31. The fourth-order valence-corrected chi connectivity index (χ4v) is 0.767. The maximum atomic E-state index is 2.21. The van der Waals surface area contributed by atoms with Crippen molar-refractivity contribution in [1.29, 1.82) is 0 Å². The van der Waals surface area contributed by atoms with Crippen LogP contribution in [0.25, 0.3) is 0 Å². The van der Waals surface area contributed by atoms with Gasteiger partial charge in [0.05, 0.1) is 0 Å². The third-order valence-corrected chi connectivity index (χ3v) is 1.24. The molecule has 0 saturated carbocycles. The molecule has 42 valence electrons. The van der Waals surface area contributed by atoms with Gasteiger partial charge in [-0.3, -0.25) is 0 Å². The predicted molar refractivity (Wildman–Crippen MR) is 36.4 cm³/mol. The molecule has 8 heavy (non-hydrogen) atoms. The average molecular weight is 107 g/mol. The number of hydrogen-bond acceptors (Lipinski definition) is 0. The zero-order chi connectivity index (χ0) is 5.66. The van der Waals surface area contributed by atoms with Crippen molar-refractivity contribution in [2.75, 3.05) is 0 Å². The summed E-state index contributed by atoms with van der Waals surface area (Å²) in [5.74, 6) is 0. The molecule has 0 bridgehead atoms. The Morgan fingerprint density at radius 3 is 2.25 bits per heavy atom. The Hall–Kier alpha value is -0.650. The van der Waals surface area contributed by atoms with Gasteiger partial charge in [0.25, 0.3) is 0 Å². The van der Waals surface area contributed by atoms with Gasteiger partial charge < -0.3 is 0 Å². The summed E-state index contributed by atoms with van der Waals surface area (Å²) in [5.41, 5.74) is 0. The minimum absolute atomic E-state index is 1.24. The highest BCUT2D eigenvalue weighted by atomic mass is 13.9. The quantitative estimate of drug-likeness (QED) is 0.417. The van der Waals surface area contributed by atoms with Crippen LogP contribution in [0.4, 0.5) is 0 Å². The van der Waals surface area contributed by atoms with Crippen LogP contribution in [0, 0.1) is 6.42 Å². The topological polar surface area (TPSA) is 0 Å². The van der Waals surface area contributed by atoms with Crippen LogP contribution >= 0.6 is 0 Å². The van der Waals surface area contributed by atoms with Crippen molar-refractivity contribution in [3.8, 4) is 0 Å². The van der Waals surface area contributed by atoms with Crippen LogP contribution in [0.5, 0.6) is 0 Å². The molecule has 0 radical (unpaired) electrons. The molecule has 0 N–H and O–H groups in total. The Morgan fingerprint density at radius 2 is 1.62 bits per heavy atom. The molecule has 1 aliphatic rings. The average Bonchev–Trinajstić information content (AvgIpc) is 1.62. The Morgan fingerprint density at radius 1 is 1.00 bits per heavy atom. The first-order chi connectivity index (χ1) is 4.00. The van der Waals surface area contributed by atoms with Crippen molar-refractivity contribution >= 4 is 0 Å².